The van der Waals surface area contributed by atoms with Crippen molar-refractivity contribution < 1.29 is 4.52 Å². The molecule has 1 unspecified atom stereocenters. The maximum atomic E-state index is 6.05. The molecule has 0 amide bonds. The minimum atomic E-state index is 0.382. The van der Waals surface area contributed by atoms with Crippen LogP contribution >= 0.6 is 23.1 Å². The van der Waals surface area contributed by atoms with Gasteiger partial charge in [0.1, 0.15) is 0 Å². The molecule has 0 saturated carbocycles. The van der Waals surface area contributed by atoms with E-state index < -0.39 is 0 Å². The minimum Gasteiger partial charge on any atom is -0.390 e. The third kappa shape index (κ3) is 2.39. The van der Waals surface area contributed by atoms with Crippen molar-refractivity contribution in [3.63, 3.8) is 0 Å². The van der Waals surface area contributed by atoms with Crippen LogP contribution in [0.4, 0.5) is 5.00 Å². The van der Waals surface area contributed by atoms with Gasteiger partial charge < -0.3 is 10.3 Å². The summed E-state index contributed by atoms with van der Waals surface area (Å²) in [5, 5.41) is 5.30. The lowest BCUT2D eigenvalue weighted by atomic mass is 10.1. The number of nitrogens with zero attached hydrogens (tertiary/aromatic N) is 2. The number of anilines is 1. The second-order valence-corrected chi connectivity index (χ2v) is 7.40. The fraction of sp³-hybridized carbons (Fsp3) is 0.538. The van der Waals surface area contributed by atoms with E-state index in [0.717, 1.165) is 28.4 Å². The van der Waals surface area contributed by atoms with E-state index in [1.807, 2.05) is 11.8 Å². The third-order valence-electron chi connectivity index (χ3n) is 3.54. The van der Waals surface area contributed by atoms with Crippen molar-refractivity contribution in [3.05, 3.63) is 16.3 Å². The molecule has 4 nitrogen and oxygen atoms in total. The summed E-state index contributed by atoms with van der Waals surface area (Å²) in [5.41, 5.74) is 8.11. The fourth-order valence-electron chi connectivity index (χ4n) is 2.33. The first-order valence-corrected chi connectivity index (χ1v) is 8.34. The van der Waals surface area contributed by atoms with Crippen LogP contribution in [0, 0.1) is 13.8 Å². The Morgan fingerprint density at radius 1 is 1.32 bits per heavy atom. The number of nitrogens with two attached hydrogens (primary N) is 1. The first-order chi connectivity index (χ1) is 9.16. The highest BCUT2D eigenvalue weighted by Gasteiger charge is 2.24. The number of thiophene rings is 1. The van der Waals surface area contributed by atoms with Crippen LogP contribution < -0.4 is 5.73 Å². The Labute approximate surface area is 120 Å². The molecule has 0 radical (unpaired) electrons. The molecule has 2 N–H and O–H groups in total. The van der Waals surface area contributed by atoms with E-state index in [9.17, 15) is 0 Å². The van der Waals surface area contributed by atoms with Gasteiger partial charge in [-0.15, -0.1) is 11.3 Å². The minimum absolute atomic E-state index is 0.382. The maximum Gasteiger partial charge on any atom is 0.261 e. The van der Waals surface area contributed by atoms with Crippen LogP contribution in [0.5, 0.6) is 0 Å². The molecule has 0 aliphatic carbocycles. The standard InChI is InChI=1S/C13H17N3OS2/c1-7-8(2)19-11(14)10(7)13-15-12(16-17-13)9-5-3-4-6-18-9/h9H,3-6,14H2,1-2H3. The van der Waals surface area contributed by atoms with Gasteiger partial charge in [-0.3, -0.25) is 0 Å². The third-order valence-corrected chi connectivity index (χ3v) is 5.95. The Balaban J connectivity index is 1.92. The van der Waals surface area contributed by atoms with Gasteiger partial charge in [0, 0.05) is 4.88 Å². The van der Waals surface area contributed by atoms with Gasteiger partial charge in [-0.05, 0) is 38.0 Å². The van der Waals surface area contributed by atoms with Crippen molar-refractivity contribution in [1.82, 2.24) is 10.1 Å². The van der Waals surface area contributed by atoms with Crippen molar-refractivity contribution in [1.29, 1.82) is 0 Å². The average molecular weight is 295 g/mol. The first-order valence-electron chi connectivity index (χ1n) is 6.48. The van der Waals surface area contributed by atoms with Crippen LogP contribution in [0.3, 0.4) is 0 Å². The number of thioether (sulfide) groups is 1. The number of aromatic nitrogens is 2. The van der Waals surface area contributed by atoms with Crippen LogP contribution in [-0.4, -0.2) is 15.9 Å². The number of rotatable bonds is 2. The van der Waals surface area contributed by atoms with Gasteiger partial charge in [-0.2, -0.15) is 16.7 Å². The number of nitrogen functional groups attached to an aromatic ring is 1. The van der Waals surface area contributed by atoms with Gasteiger partial charge in [0.2, 0.25) is 0 Å². The van der Waals surface area contributed by atoms with Crippen LogP contribution in [0.15, 0.2) is 4.52 Å². The first kappa shape index (κ1) is 13.0. The van der Waals surface area contributed by atoms with E-state index >= 15 is 0 Å². The lowest BCUT2D eigenvalue weighted by Gasteiger charge is -2.17. The van der Waals surface area contributed by atoms with Gasteiger partial charge in [0.15, 0.2) is 5.82 Å². The second-order valence-electron chi connectivity index (χ2n) is 4.84. The van der Waals surface area contributed by atoms with Crippen LogP contribution in [0.25, 0.3) is 11.5 Å². The van der Waals surface area contributed by atoms with E-state index in [1.54, 1.807) is 11.3 Å². The highest BCUT2D eigenvalue weighted by atomic mass is 32.2. The van der Waals surface area contributed by atoms with Crippen LogP contribution in [0.1, 0.15) is 40.8 Å². The summed E-state index contributed by atoms with van der Waals surface area (Å²) in [4.78, 5) is 5.77. The van der Waals surface area contributed by atoms with Gasteiger partial charge >= 0.3 is 0 Å². The van der Waals surface area contributed by atoms with E-state index in [2.05, 4.69) is 24.0 Å². The van der Waals surface area contributed by atoms with Crippen molar-refractivity contribution in [2.24, 2.45) is 0 Å². The Kier molecular flexibility index (Phi) is 3.54. The molecular weight excluding hydrogens is 278 g/mol. The molecular formula is C13H17N3OS2. The van der Waals surface area contributed by atoms with E-state index in [0.29, 0.717) is 11.1 Å². The Hall–Kier alpha value is -1.01. The van der Waals surface area contributed by atoms with Gasteiger partial charge in [-0.1, -0.05) is 11.6 Å². The SMILES string of the molecule is Cc1sc(N)c(-c2nc(C3CCCCS3)no2)c1C. The molecule has 2 aromatic heterocycles. The molecule has 1 aliphatic heterocycles. The zero-order valence-electron chi connectivity index (χ0n) is 11.1. The van der Waals surface area contributed by atoms with Crippen molar-refractivity contribution in [2.45, 2.75) is 38.4 Å². The Morgan fingerprint density at radius 2 is 2.16 bits per heavy atom. The molecule has 1 saturated heterocycles. The zero-order valence-corrected chi connectivity index (χ0v) is 12.7. The Bertz CT molecular complexity index is 585. The molecule has 0 spiro atoms. The largest absolute Gasteiger partial charge is 0.390 e. The summed E-state index contributed by atoms with van der Waals surface area (Å²) < 4.78 is 5.43. The highest BCUT2D eigenvalue weighted by Crippen LogP contribution is 2.40. The normalized spacial score (nSPS) is 19.8. The predicted molar refractivity (Wildman–Crippen MR) is 80.5 cm³/mol. The molecule has 2 aromatic rings. The molecule has 19 heavy (non-hydrogen) atoms. The van der Waals surface area contributed by atoms with Gasteiger partial charge in [-0.25, -0.2) is 0 Å². The fourth-order valence-corrected chi connectivity index (χ4v) is 4.49. The quantitative estimate of drug-likeness (QED) is 0.908. The zero-order chi connectivity index (χ0) is 13.4. The summed E-state index contributed by atoms with van der Waals surface area (Å²) in [6.07, 6.45) is 3.68. The average Bonchev–Trinajstić information content (AvgIpc) is 2.97. The van der Waals surface area contributed by atoms with Gasteiger partial charge in [0.05, 0.1) is 15.8 Å². The molecule has 1 atom stereocenters. The predicted octanol–water partition coefficient (Wildman–Crippen LogP) is 3.96. The number of aryl methyl sites for hydroxylation is 1. The van der Waals surface area contributed by atoms with Crippen LogP contribution in [-0.2, 0) is 0 Å². The lowest BCUT2D eigenvalue weighted by molar-refractivity contribution is 0.420. The molecule has 0 aromatic carbocycles. The molecule has 0 bridgehead atoms. The molecule has 3 rings (SSSR count). The molecule has 3 heterocycles. The monoisotopic (exact) mass is 295 g/mol. The van der Waals surface area contributed by atoms with Gasteiger partial charge in [0.25, 0.3) is 5.89 Å². The van der Waals surface area contributed by atoms with E-state index in [-0.39, 0.29) is 0 Å². The van der Waals surface area contributed by atoms with Crippen molar-refractivity contribution in [2.75, 3.05) is 11.5 Å². The van der Waals surface area contributed by atoms with Crippen LogP contribution in [0.2, 0.25) is 0 Å². The smallest absolute Gasteiger partial charge is 0.261 e. The summed E-state index contributed by atoms with van der Waals surface area (Å²) in [7, 11) is 0. The van der Waals surface area contributed by atoms with E-state index in [1.165, 1.54) is 23.5 Å². The highest BCUT2D eigenvalue weighted by molar-refractivity contribution is 7.99. The molecule has 102 valence electrons. The lowest BCUT2D eigenvalue weighted by Crippen LogP contribution is -2.03. The summed E-state index contributed by atoms with van der Waals surface area (Å²) in [6.45, 7) is 4.12. The Morgan fingerprint density at radius 3 is 2.79 bits per heavy atom. The summed E-state index contributed by atoms with van der Waals surface area (Å²) >= 11 is 3.51. The summed E-state index contributed by atoms with van der Waals surface area (Å²) in [6, 6.07) is 0. The number of hydrogen-bond acceptors (Lipinski definition) is 6. The summed E-state index contributed by atoms with van der Waals surface area (Å²) in [5.74, 6) is 2.58. The number of hydrogen-bond donors (Lipinski definition) is 1. The molecule has 1 fully saturated rings. The topological polar surface area (TPSA) is 64.9 Å². The molecule has 6 heteroatoms. The van der Waals surface area contributed by atoms with E-state index in [4.69, 9.17) is 10.3 Å². The maximum absolute atomic E-state index is 6.05. The van der Waals surface area contributed by atoms with Crippen molar-refractivity contribution >= 4 is 28.1 Å². The second kappa shape index (κ2) is 5.17. The molecule has 1 aliphatic rings. The van der Waals surface area contributed by atoms with Crippen molar-refractivity contribution in [3.8, 4) is 11.5 Å².